The van der Waals surface area contributed by atoms with Crippen molar-refractivity contribution in [3.63, 3.8) is 0 Å². The van der Waals surface area contributed by atoms with Crippen LogP contribution in [0.3, 0.4) is 0 Å². The molecule has 0 aliphatic carbocycles. The van der Waals surface area contributed by atoms with Gasteiger partial charge in [-0.25, -0.2) is 9.18 Å². The van der Waals surface area contributed by atoms with Crippen molar-refractivity contribution in [2.75, 3.05) is 45.5 Å². The zero-order chi connectivity index (χ0) is 15.1. The predicted octanol–water partition coefficient (Wildman–Crippen LogP) is 2.26. The first kappa shape index (κ1) is 16.1. The number of piperazine rings is 1. The molecule has 1 N–H and O–H groups in total. The number of rotatable bonds is 5. The quantitative estimate of drug-likeness (QED) is 0.669. The van der Waals surface area contributed by atoms with E-state index in [-0.39, 0.29) is 11.8 Å². The van der Waals surface area contributed by atoms with Crippen molar-refractivity contribution in [2.45, 2.75) is 11.3 Å². The molecule has 116 valence electrons. The molecule has 0 aromatic heterocycles. The van der Waals surface area contributed by atoms with Crippen LogP contribution >= 0.6 is 11.8 Å². The summed E-state index contributed by atoms with van der Waals surface area (Å²) in [5.41, 5.74) is 0. The Morgan fingerprint density at radius 2 is 1.90 bits per heavy atom. The summed E-state index contributed by atoms with van der Waals surface area (Å²) in [5.74, 6) is 0.842. The molecule has 0 bridgehead atoms. The van der Waals surface area contributed by atoms with Gasteiger partial charge in [0.25, 0.3) is 0 Å². The number of benzene rings is 1. The molecule has 1 aliphatic heterocycles. The zero-order valence-corrected chi connectivity index (χ0v) is 13.2. The van der Waals surface area contributed by atoms with Crippen LogP contribution < -0.4 is 5.32 Å². The van der Waals surface area contributed by atoms with Crippen molar-refractivity contribution >= 4 is 17.8 Å². The molecular formula is C15H22FN3OS. The van der Waals surface area contributed by atoms with E-state index in [9.17, 15) is 9.18 Å². The van der Waals surface area contributed by atoms with E-state index in [0.717, 1.165) is 49.8 Å². The van der Waals surface area contributed by atoms with E-state index in [1.165, 1.54) is 12.1 Å². The molecule has 2 amide bonds. The maximum Gasteiger partial charge on any atom is 0.317 e. The molecule has 6 heteroatoms. The predicted molar refractivity (Wildman–Crippen MR) is 84.2 cm³/mol. The lowest BCUT2D eigenvalue weighted by Crippen LogP contribution is -2.51. The minimum absolute atomic E-state index is 0.0153. The van der Waals surface area contributed by atoms with Gasteiger partial charge >= 0.3 is 6.03 Å². The normalized spacial score (nSPS) is 16.0. The Balaban J connectivity index is 1.60. The van der Waals surface area contributed by atoms with Crippen LogP contribution in [0, 0.1) is 5.82 Å². The Morgan fingerprint density at radius 1 is 1.24 bits per heavy atom. The van der Waals surface area contributed by atoms with Crippen molar-refractivity contribution in [3.05, 3.63) is 30.1 Å². The van der Waals surface area contributed by atoms with Crippen molar-refractivity contribution in [2.24, 2.45) is 0 Å². The smallest absolute Gasteiger partial charge is 0.317 e. The van der Waals surface area contributed by atoms with Gasteiger partial charge in [0.2, 0.25) is 0 Å². The number of carbonyl (C=O) groups is 1. The second-order valence-electron chi connectivity index (χ2n) is 5.04. The highest BCUT2D eigenvalue weighted by Gasteiger charge is 2.19. The summed E-state index contributed by atoms with van der Waals surface area (Å²) in [6, 6.07) is 6.66. The Kier molecular flexibility index (Phi) is 6.32. The molecule has 4 nitrogen and oxygen atoms in total. The molecule has 0 unspecified atom stereocenters. The lowest BCUT2D eigenvalue weighted by atomic mass is 10.3. The molecule has 2 rings (SSSR count). The van der Waals surface area contributed by atoms with Gasteiger partial charge < -0.3 is 10.2 Å². The Labute approximate surface area is 129 Å². The molecular weight excluding hydrogens is 289 g/mol. The maximum atomic E-state index is 12.8. The van der Waals surface area contributed by atoms with E-state index in [1.54, 1.807) is 18.8 Å². The van der Waals surface area contributed by atoms with Crippen LogP contribution in [-0.4, -0.2) is 61.4 Å². The highest BCUT2D eigenvalue weighted by molar-refractivity contribution is 7.99. The highest BCUT2D eigenvalue weighted by Crippen LogP contribution is 2.19. The molecule has 0 atom stereocenters. The van der Waals surface area contributed by atoms with Gasteiger partial charge in [0.05, 0.1) is 0 Å². The van der Waals surface area contributed by atoms with E-state index in [4.69, 9.17) is 0 Å². The average Bonchev–Trinajstić information content (AvgIpc) is 2.53. The third kappa shape index (κ3) is 5.21. The molecule has 1 aromatic carbocycles. The molecule has 1 aromatic rings. The number of thioether (sulfide) groups is 1. The number of nitrogens with zero attached hydrogens (tertiary/aromatic N) is 2. The molecule has 1 saturated heterocycles. The maximum absolute atomic E-state index is 12.8. The lowest BCUT2D eigenvalue weighted by Gasteiger charge is -2.34. The number of carbonyl (C=O) groups excluding carboxylic acids is 1. The summed E-state index contributed by atoms with van der Waals surface area (Å²) in [5, 5.41) is 2.66. The van der Waals surface area contributed by atoms with Crippen LogP contribution in [0.5, 0.6) is 0 Å². The first-order valence-corrected chi connectivity index (χ1v) is 8.25. The highest BCUT2D eigenvalue weighted by atomic mass is 32.2. The number of urea groups is 1. The topological polar surface area (TPSA) is 35.6 Å². The largest absolute Gasteiger partial charge is 0.341 e. The minimum atomic E-state index is -0.187. The Morgan fingerprint density at radius 3 is 2.52 bits per heavy atom. The third-order valence-electron chi connectivity index (χ3n) is 3.57. The number of nitrogens with one attached hydrogen (secondary N) is 1. The number of amides is 2. The summed E-state index contributed by atoms with van der Waals surface area (Å²) >= 11 is 1.76. The molecule has 1 heterocycles. The lowest BCUT2D eigenvalue weighted by molar-refractivity contribution is 0.141. The van der Waals surface area contributed by atoms with Gasteiger partial charge in [0.15, 0.2) is 0 Å². The summed E-state index contributed by atoms with van der Waals surface area (Å²) in [6.45, 7) is 4.52. The van der Waals surface area contributed by atoms with Gasteiger partial charge in [-0.15, -0.1) is 11.8 Å². The molecule has 1 aliphatic rings. The summed E-state index contributed by atoms with van der Waals surface area (Å²) < 4.78 is 12.8. The van der Waals surface area contributed by atoms with E-state index in [1.807, 2.05) is 17.0 Å². The van der Waals surface area contributed by atoms with Crippen LogP contribution in [0.1, 0.15) is 6.42 Å². The Bertz CT molecular complexity index is 447. The van der Waals surface area contributed by atoms with Crippen molar-refractivity contribution in [3.8, 4) is 0 Å². The standard InChI is InChI=1S/C15H22FN3OS/c1-17-15(20)19-10-8-18(9-11-19)7-2-12-21-14-5-3-13(16)4-6-14/h3-6H,2,7-12H2,1H3,(H,17,20). The van der Waals surface area contributed by atoms with Gasteiger partial charge in [-0.05, 0) is 43.0 Å². The van der Waals surface area contributed by atoms with Crippen molar-refractivity contribution in [1.82, 2.24) is 15.1 Å². The van der Waals surface area contributed by atoms with Crippen LogP contribution in [0.4, 0.5) is 9.18 Å². The van der Waals surface area contributed by atoms with Crippen LogP contribution in [-0.2, 0) is 0 Å². The number of hydrogen-bond acceptors (Lipinski definition) is 3. The zero-order valence-electron chi connectivity index (χ0n) is 12.3. The van der Waals surface area contributed by atoms with Gasteiger partial charge in [0, 0.05) is 38.1 Å². The third-order valence-corrected chi connectivity index (χ3v) is 4.67. The fourth-order valence-corrected chi connectivity index (χ4v) is 3.18. The first-order chi connectivity index (χ1) is 10.2. The van der Waals surface area contributed by atoms with E-state index in [0.29, 0.717) is 0 Å². The molecule has 0 saturated carbocycles. The van der Waals surface area contributed by atoms with Crippen LogP contribution in [0.25, 0.3) is 0 Å². The summed E-state index contributed by atoms with van der Waals surface area (Å²) in [4.78, 5) is 16.8. The second kappa shape index (κ2) is 8.24. The SMILES string of the molecule is CNC(=O)N1CCN(CCCSc2ccc(F)cc2)CC1. The van der Waals surface area contributed by atoms with Gasteiger partial charge in [0.1, 0.15) is 5.82 Å². The van der Waals surface area contributed by atoms with Crippen molar-refractivity contribution < 1.29 is 9.18 Å². The van der Waals surface area contributed by atoms with Crippen LogP contribution in [0.2, 0.25) is 0 Å². The van der Waals surface area contributed by atoms with Crippen molar-refractivity contribution in [1.29, 1.82) is 0 Å². The summed E-state index contributed by atoms with van der Waals surface area (Å²) in [6.07, 6.45) is 1.10. The molecule has 0 radical (unpaired) electrons. The monoisotopic (exact) mass is 311 g/mol. The first-order valence-electron chi connectivity index (χ1n) is 7.26. The molecule has 21 heavy (non-hydrogen) atoms. The van der Waals surface area contributed by atoms with E-state index < -0.39 is 0 Å². The summed E-state index contributed by atoms with van der Waals surface area (Å²) in [7, 11) is 1.67. The number of halogens is 1. The Hall–Kier alpha value is -1.27. The molecule has 0 spiro atoms. The second-order valence-corrected chi connectivity index (χ2v) is 6.21. The molecule has 1 fully saturated rings. The van der Waals surface area contributed by atoms with Gasteiger partial charge in [-0.2, -0.15) is 0 Å². The van der Waals surface area contributed by atoms with E-state index in [2.05, 4.69) is 10.2 Å². The average molecular weight is 311 g/mol. The van der Waals surface area contributed by atoms with Gasteiger partial charge in [-0.1, -0.05) is 0 Å². The van der Waals surface area contributed by atoms with E-state index >= 15 is 0 Å². The van der Waals surface area contributed by atoms with Crippen LogP contribution in [0.15, 0.2) is 29.2 Å². The number of hydrogen-bond donors (Lipinski definition) is 1. The fraction of sp³-hybridized carbons (Fsp3) is 0.533. The minimum Gasteiger partial charge on any atom is -0.341 e. The fourth-order valence-electron chi connectivity index (χ4n) is 2.34. The van der Waals surface area contributed by atoms with Gasteiger partial charge in [-0.3, -0.25) is 4.90 Å².